The number of aliphatic carboxylic acids is 3. The highest BCUT2D eigenvalue weighted by Crippen LogP contribution is 2.33. The first-order valence-electron chi connectivity index (χ1n) is 45.5. The highest BCUT2D eigenvalue weighted by Gasteiger charge is 2.44. The average molecular weight is 1970 g/mol. The van der Waals surface area contributed by atoms with Crippen LogP contribution in [0.5, 0.6) is 0 Å². The van der Waals surface area contributed by atoms with E-state index < -0.39 is 303 Å². The number of fused-ring (bicyclic) bond motifs is 3. The van der Waals surface area contributed by atoms with Crippen LogP contribution in [-0.2, 0) is 97.6 Å². The quantitative estimate of drug-likeness (QED) is 0.0129. The zero-order chi connectivity index (χ0) is 103. The molecule has 0 saturated carbocycles. The number of carbonyl (C=O) groups is 19. The Bertz CT molecular complexity index is 4580. The van der Waals surface area contributed by atoms with Crippen molar-refractivity contribution in [3.8, 4) is 0 Å². The number of carboxylic acids is 3. The number of likely N-dealkylation sites (tertiary alicyclic amines) is 1. The number of guanidine groups is 1. The maximum atomic E-state index is 15.4. The minimum absolute atomic E-state index is 0.0157. The van der Waals surface area contributed by atoms with Gasteiger partial charge >= 0.3 is 17.9 Å². The second-order valence-electron chi connectivity index (χ2n) is 34.9. The van der Waals surface area contributed by atoms with Crippen molar-refractivity contribution in [1.29, 1.82) is 5.41 Å². The van der Waals surface area contributed by atoms with Gasteiger partial charge in [0.25, 0.3) is 0 Å². The predicted octanol–water partition coefficient (Wildman–Crippen LogP) is -4.30. The number of rotatable bonds is 52. The minimum atomic E-state index is -2.01. The van der Waals surface area contributed by atoms with Gasteiger partial charge in [0.2, 0.25) is 94.5 Å². The average Bonchev–Trinajstić information content (AvgIpc) is 1.66. The van der Waals surface area contributed by atoms with Gasteiger partial charge < -0.3 is 132 Å². The molecular formula is C87H140N24O24S2. The molecule has 50 heteroatoms. The predicted molar refractivity (Wildman–Crippen MR) is 505 cm³/mol. The van der Waals surface area contributed by atoms with Crippen LogP contribution >= 0.6 is 23.5 Å². The molecule has 2 aliphatic rings. The number of nitrogens with two attached hydrogens (primary N) is 4. The third-order valence-electron chi connectivity index (χ3n) is 22.8. The molecule has 3 heterocycles. The molecule has 2 aliphatic heterocycles. The molecule has 1 fully saturated rings. The summed E-state index contributed by atoms with van der Waals surface area (Å²) in [6, 6.07) is -16.2. The highest BCUT2D eigenvalue weighted by atomic mass is 32.2. The van der Waals surface area contributed by atoms with Gasteiger partial charge in [0, 0.05) is 93.9 Å². The molecule has 1 aromatic heterocycles. The number of primary amides is 3. The Balaban J connectivity index is 1.85. The Kier molecular flexibility index (Phi) is 50.4. The summed E-state index contributed by atoms with van der Waals surface area (Å²) in [5, 5.41) is 107. The van der Waals surface area contributed by atoms with E-state index in [2.05, 4.69) is 96.8 Å². The number of aliphatic hydroxyl groups is 2. The standard InChI is InChI=1S/C87H140N24O24S2/c1-13-46(8)70-84(134)104-57(36-43(2)3)77(127)103-59(39-67(119)120)78(128)99-52(72(122)102-58(37-49(94-11)40-93-10)79(129)108-69(45(6)7)83(133)101-55(25-28-63(88)113)74(124)98-53(23-18-32-95-87(91)92)76(126)107-68(44(4)5)82(132)97-51(71(90)121)31-35-136-12)22-16-17-33-110-41-48-20-14-15-21-50(48)86(110)137-42-61(80(130)109-70)106-75(125)56(27-30-66(117)118)100-81(131)62-24-19-34-111(62)85(135)60(38-64(89)114)105-73(123)54(96-47(9)112)26-29-65(115)116/h14-15,20-21,40-41,43-46,51-62,68-70,75,80,94,106,109,125,130H,10,13,16-19,22-39,42H2,1-9,11-12H3,(H2,88,113)(H2,89,114)(H2,90,121)(H,96,112)(H,97,132)(H,98,124)(H,99,128)(H,100,131)(H,101,133)(H,102,122)(H,103,127)(H,104,134)(H,105,123)(H,107,126)(H,108,129)(H,115,116)(H,117,118)(H,119,120)(H4,91,92,95)/b49-40-/t46-,51-,52-,53-,54-,55-,56-,57-,58-,59-,60-,61-,62-,68-,69-,70-,75?,80?/m0/s1. The lowest BCUT2D eigenvalue weighted by Crippen LogP contribution is -2.64. The number of carbonyl (C=O) groups excluding carboxylic acids is 16. The third-order valence-corrected chi connectivity index (χ3v) is 24.7. The van der Waals surface area contributed by atoms with Crippen LogP contribution < -0.4 is 108 Å². The molecule has 0 bridgehead atoms. The molecule has 0 radical (unpaired) electrons. The molecule has 2 aromatic rings. The van der Waals surface area contributed by atoms with Gasteiger partial charge in [0.1, 0.15) is 85.0 Å². The van der Waals surface area contributed by atoms with Gasteiger partial charge in [-0.25, -0.2) is 0 Å². The Morgan fingerprint density at radius 2 is 1.20 bits per heavy atom. The summed E-state index contributed by atoms with van der Waals surface area (Å²) in [4.78, 5) is 267. The first-order valence-corrected chi connectivity index (χ1v) is 47.8. The zero-order valence-electron chi connectivity index (χ0n) is 79.2. The van der Waals surface area contributed by atoms with Crippen LogP contribution in [0.4, 0.5) is 0 Å². The molecule has 1 saturated heterocycles. The van der Waals surface area contributed by atoms with E-state index in [0.717, 1.165) is 23.6 Å². The summed E-state index contributed by atoms with van der Waals surface area (Å²) in [6.45, 7) is 17.5. The number of hydrogen-bond donors (Lipinski definition) is 26. The molecule has 0 spiro atoms. The largest absolute Gasteiger partial charge is 0.481 e. The number of nitrogens with one attached hydrogen (secondary N) is 17. The number of aromatic nitrogens is 1. The Labute approximate surface area is 802 Å². The Hall–Kier alpha value is -12.3. The summed E-state index contributed by atoms with van der Waals surface area (Å²) >= 11 is 2.52. The maximum absolute atomic E-state index is 15.4. The molecule has 4 rings (SSSR count). The number of aliphatic imine (C=N–C) groups is 1. The highest BCUT2D eigenvalue weighted by molar-refractivity contribution is 7.99. The van der Waals surface area contributed by atoms with Crippen LogP contribution in [0.1, 0.15) is 184 Å². The van der Waals surface area contributed by atoms with E-state index in [4.69, 9.17) is 28.3 Å². The topological polar surface area (TPSA) is 766 Å². The third kappa shape index (κ3) is 40.1. The van der Waals surface area contributed by atoms with E-state index in [1.165, 1.54) is 38.9 Å². The van der Waals surface area contributed by atoms with Gasteiger partial charge in [-0.15, -0.1) is 11.8 Å². The van der Waals surface area contributed by atoms with Gasteiger partial charge in [-0.1, -0.05) is 86.1 Å². The molecule has 1 aromatic carbocycles. The van der Waals surface area contributed by atoms with Crippen molar-refractivity contribution in [3.63, 3.8) is 0 Å². The van der Waals surface area contributed by atoms with Crippen LogP contribution in [0.15, 0.2) is 52.4 Å². The lowest BCUT2D eigenvalue weighted by atomic mass is 9.96. The molecule has 2 unspecified atom stereocenters. The summed E-state index contributed by atoms with van der Waals surface area (Å²) < 4.78 is 1.83. The van der Waals surface area contributed by atoms with Crippen molar-refractivity contribution >= 4 is 159 Å². The fourth-order valence-electron chi connectivity index (χ4n) is 15.2. The number of nitrogens with zero attached hydrogens (tertiary/aromatic N) is 3. The van der Waals surface area contributed by atoms with Crippen molar-refractivity contribution in [2.75, 3.05) is 37.9 Å². The molecule has 30 N–H and O–H groups in total. The smallest absolute Gasteiger partial charge is 0.305 e. The van der Waals surface area contributed by atoms with E-state index in [1.807, 2.05) is 4.57 Å². The van der Waals surface area contributed by atoms with E-state index >= 15 is 14.4 Å². The molecule has 0 aliphatic carbocycles. The number of carboxylic acid groups (broad SMARTS) is 3. The molecule has 16 amide bonds. The fourth-order valence-corrected chi connectivity index (χ4v) is 16.9. The summed E-state index contributed by atoms with van der Waals surface area (Å²) in [7, 11) is 1.45. The van der Waals surface area contributed by atoms with Gasteiger partial charge in [-0.2, -0.15) is 11.8 Å². The van der Waals surface area contributed by atoms with Crippen molar-refractivity contribution in [2.24, 2.45) is 51.6 Å². The van der Waals surface area contributed by atoms with Crippen molar-refractivity contribution in [1.82, 2.24) is 94.5 Å². The van der Waals surface area contributed by atoms with E-state index in [-0.39, 0.29) is 95.3 Å². The van der Waals surface area contributed by atoms with E-state index in [0.29, 0.717) is 21.6 Å². The molecule has 764 valence electrons. The van der Waals surface area contributed by atoms with Crippen molar-refractivity contribution in [2.45, 2.75) is 299 Å². The van der Waals surface area contributed by atoms with E-state index in [1.54, 1.807) is 78.3 Å². The number of thioether (sulfide) groups is 2. The summed E-state index contributed by atoms with van der Waals surface area (Å²) in [5.41, 5.74) is 22.4. The lowest BCUT2D eigenvalue weighted by Gasteiger charge is -2.35. The molecule has 18 atom stereocenters. The number of aliphatic hydroxyl groups excluding tert-OH is 2. The first kappa shape index (κ1) is 117. The normalized spacial score (nSPS) is 20.0. The number of aryl methyl sites for hydroxylation is 1. The van der Waals surface area contributed by atoms with Crippen LogP contribution in [0.2, 0.25) is 0 Å². The Morgan fingerprint density at radius 1 is 0.635 bits per heavy atom. The van der Waals surface area contributed by atoms with Crippen LogP contribution in [0.3, 0.4) is 0 Å². The van der Waals surface area contributed by atoms with Crippen molar-refractivity contribution in [3.05, 3.63) is 42.4 Å². The fraction of sp³-hybridized carbons (Fsp3) is 0.644. The van der Waals surface area contributed by atoms with Gasteiger partial charge in [-0.3, -0.25) is 112 Å². The number of amides is 16. The molecule has 137 heavy (non-hydrogen) atoms. The van der Waals surface area contributed by atoms with Gasteiger partial charge in [0.15, 0.2) is 5.96 Å². The van der Waals surface area contributed by atoms with Crippen LogP contribution in [0.25, 0.3) is 10.8 Å². The van der Waals surface area contributed by atoms with Gasteiger partial charge in [0.05, 0.1) is 36.0 Å². The summed E-state index contributed by atoms with van der Waals surface area (Å²) in [6.07, 6.45) is -4.61. The molecule has 48 nitrogen and oxygen atoms in total. The second kappa shape index (κ2) is 59.0. The minimum Gasteiger partial charge on any atom is -0.481 e. The van der Waals surface area contributed by atoms with Gasteiger partial charge in [-0.05, 0) is 119 Å². The zero-order valence-corrected chi connectivity index (χ0v) is 80.9. The monoisotopic (exact) mass is 1970 g/mol. The number of benzene rings is 1. The summed E-state index contributed by atoms with van der Waals surface area (Å²) in [5.74, 6) is -22.9. The number of hydrogen-bond acceptors (Lipinski definition) is 28. The van der Waals surface area contributed by atoms with Crippen LogP contribution in [0, 0.1) is 29.1 Å². The maximum Gasteiger partial charge on any atom is 0.305 e. The lowest BCUT2D eigenvalue weighted by molar-refractivity contribution is -0.143. The second-order valence-corrected chi connectivity index (χ2v) is 36.9. The van der Waals surface area contributed by atoms with Crippen LogP contribution in [-0.4, -0.2) is 301 Å². The Morgan fingerprint density at radius 3 is 1.77 bits per heavy atom. The molecular weight excluding hydrogens is 1830 g/mol. The first-order chi connectivity index (χ1) is 64.5. The van der Waals surface area contributed by atoms with E-state index in [9.17, 15) is 102 Å². The SMILES string of the molecule is C=N/C=C(/C[C@H](NC(=O)[C@@H]1CCCCn2cc3ccccc3c2SC[C@H](NC(O)[C@H](CCC(=O)O)NC(=O)[C@@H]2CCCN2C(=O)[C@H](CC(N)=O)NC(=O)[C@H](CCC(=O)O)NC(C)=O)C(O)N[C@@H]([C@@H](C)CC)C(=O)N[C@@H](CC(C)C)C(=O)N[C@@H](CC(=O)O)C(=O)N1)C(=O)N[C@H](C(=O)N[C@@H](CCC(N)=O)C(=O)N[C@@H](CCCNC(=N)N)C(=O)N[C@H](C(=O)N[C@@H](CCSC)C(N)=O)C(C)C)C(C)C)NC. The van der Waals surface area contributed by atoms with Crippen molar-refractivity contribution < 1.29 is 117 Å².